The van der Waals surface area contributed by atoms with Crippen molar-refractivity contribution in [3.63, 3.8) is 0 Å². The second-order valence-electron chi connectivity index (χ2n) is 8.06. The van der Waals surface area contributed by atoms with Gasteiger partial charge in [0.25, 0.3) is 11.8 Å². The van der Waals surface area contributed by atoms with Crippen LogP contribution in [0.4, 0.5) is 0 Å². The molecule has 1 fully saturated rings. The number of unbranched alkanes of at least 4 members (excludes halogenated alkanes) is 1. The number of ether oxygens (including phenoxy) is 3. The van der Waals surface area contributed by atoms with E-state index in [1.54, 1.807) is 31.4 Å². The first-order valence-electron chi connectivity index (χ1n) is 11.3. The van der Waals surface area contributed by atoms with Crippen LogP contribution in [0.15, 0.2) is 53.4 Å². The first kappa shape index (κ1) is 26.5. The minimum atomic E-state index is -4.07. The fourth-order valence-corrected chi connectivity index (χ4v) is 5.76. The molecule has 3 N–H and O–H groups in total. The van der Waals surface area contributed by atoms with Crippen molar-refractivity contribution in [3.05, 3.63) is 54.1 Å². The van der Waals surface area contributed by atoms with Crippen LogP contribution in [-0.4, -0.2) is 63.7 Å². The van der Waals surface area contributed by atoms with Gasteiger partial charge in [0.2, 0.25) is 0 Å². The number of amides is 2. The van der Waals surface area contributed by atoms with E-state index in [9.17, 15) is 18.0 Å². The van der Waals surface area contributed by atoms with E-state index < -0.39 is 20.5 Å². The summed E-state index contributed by atoms with van der Waals surface area (Å²) in [6.07, 6.45) is 1.29. The maximum absolute atomic E-state index is 13.2. The van der Waals surface area contributed by atoms with Gasteiger partial charge < -0.3 is 19.5 Å². The number of hydrogen-bond donors (Lipinski definition) is 3. The van der Waals surface area contributed by atoms with Crippen molar-refractivity contribution in [2.24, 2.45) is 0 Å². The lowest BCUT2D eigenvalue weighted by Crippen LogP contribution is -2.54. The largest absolute Gasteiger partial charge is 0.497 e. The Bertz CT molecular complexity index is 1100. The topological polar surface area (TPSA) is 140 Å². The minimum Gasteiger partial charge on any atom is -0.497 e. The Morgan fingerprint density at radius 3 is 2.23 bits per heavy atom. The molecule has 1 heterocycles. The third kappa shape index (κ3) is 6.11. The normalized spacial score (nSPS) is 15.1. The second kappa shape index (κ2) is 12.0. The zero-order valence-electron chi connectivity index (χ0n) is 19.5. The van der Waals surface area contributed by atoms with Crippen LogP contribution >= 0.6 is 0 Å². The molecule has 0 atom stereocenters. The van der Waals surface area contributed by atoms with E-state index in [-0.39, 0.29) is 36.9 Å². The summed E-state index contributed by atoms with van der Waals surface area (Å²) in [4.78, 5) is 24.4. The molecule has 1 saturated heterocycles. The van der Waals surface area contributed by atoms with Crippen molar-refractivity contribution in [1.29, 1.82) is 0 Å². The summed E-state index contributed by atoms with van der Waals surface area (Å²) in [6, 6.07) is 12.7. The van der Waals surface area contributed by atoms with Gasteiger partial charge in [0.15, 0.2) is 14.6 Å². The summed E-state index contributed by atoms with van der Waals surface area (Å²) in [5.41, 5.74) is 2.05. The molecule has 0 spiro atoms. The molecule has 0 radical (unpaired) electrons. The van der Waals surface area contributed by atoms with Gasteiger partial charge in [0.1, 0.15) is 11.5 Å². The number of carbonyl (C=O) groups is 2. The highest BCUT2D eigenvalue weighted by molar-refractivity contribution is 7.93. The van der Waals surface area contributed by atoms with E-state index in [2.05, 4.69) is 5.32 Å². The van der Waals surface area contributed by atoms with Gasteiger partial charge >= 0.3 is 0 Å². The van der Waals surface area contributed by atoms with Crippen molar-refractivity contribution >= 4 is 21.7 Å². The highest BCUT2D eigenvalue weighted by Gasteiger charge is 2.52. The lowest BCUT2D eigenvalue weighted by molar-refractivity contribution is -0.134. The Kier molecular flexibility index (Phi) is 9.07. The third-order valence-electron chi connectivity index (χ3n) is 5.94. The number of carbonyl (C=O) groups excluding carboxylic acids is 2. The van der Waals surface area contributed by atoms with Gasteiger partial charge in [-0.2, -0.15) is 0 Å². The van der Waals surface area contributed by atoms with Crippen LogP contribution < -0.4 is 20.3 Å². The average Bonchev–Trinajstić information content (AvgIpc) is 2.90. The number of benzene rings is 2. The summed E-state index contributed by atoms with van der Waals surface area (Å²) in [6.45, 7) is 1.09. The van der Waals surface area contributed by atoms with E-state index in [4.69, 9.17) is 19.4 Å². The van der Waals surface area contributed by atoms with Crippen LogP contribution in [0.2, 0.25) is 0 Å². The number of hydroxylamine groups is 1. The lowest BCUT2D eigenvalue weighted by Gasteiger charge is -2.34. The van der Waals surface area contributed by atoms with Crippen molar-refractivity contribution in [3.8, 4) is 11.5 Å². The molecule has 0 bridgehead atoms. The number of nitrogens with one attached hydrogen (secondary N) is 2. The minimum absolute atomic E-state index is 0.0309. The smallest absolute Gasteiger partial charge is 0.265 e. The molecule has 190 valence electrons. The van der Waals surface area contributed by atoms with Gasteiger partial charge in [-0.1, -0.05) is 0 Å². The first-order valence-corrected chi connectivity index (χ1v) is 12.7. The Morgan fingerprint density at radius 2 is 1.63 bits per heavy atom. The summed E-state index contributed by atoms with van der Waals surface area (Å²) < 4.78 is 40.6. The Balaban J connectivity index is 1.47. The van der Waals surface area contributed by atoms with E-state index in [1.165, 1.54) is 29.7 Å². The molecule has 35 heavy (non-hydrogen) atoms. The van der Waals surface area contributed by atoms with Crippen molar-refractivity contribution < 1.29 is 37.4 Å². The van der Waals surface area contributed by atoms with E-state index >= 15 is 0 Å². The predicted molar refractivity (Wildman–Crippen MR) is 126 cm³/mol. The zero-order chi connectivity index (χ0) is 25.3. The third-order valence-corrected chi connectivity index (χ3v) is 8.46. The predicted octanol–water partition coefficient (Wildman–Crippen LogP) is 2.11. The molecule has 0 unspecified atom stereocenters. The monoisotopic (exact) mass is 506 g/mol. The van der Waals surface area contributed by atoms with Crippen molar-refractivity contribution in [2.75, 3.05) is 33.5 Å². The molecule has 10 nitrogen and oxygen atoms in total. The molecule has 2 aromatic rings. The molecule has 11 heteroatoms. The number of methoxy groups -OCH3 is 1. The van der Waals surface area contributed by atoms with Crippen LogP contribution in [0.25, 0.3) is 0 Å². The number of hydrogen-bond acceptors (Lipinski definition) is 8. The fraction of sp³-hybridized carbons (Fsp3) is 0.417. The quantitative estimate of drug-likeness (QED) is 0.239. The Labute approximate surface area is 204 Å². The van der Waals surface area contributed by atoms with Crippen LogP contribution in [0.1, 0.15) is 36.0 Å². The zero-order valence-corrected chi connectivity index (χ0v) is 20.3. The van der Waals surface area contributed by atoms with Crippen LogP contribution in [0.5, 0.6) is 11.5 Å². The molecule has 1 aliphatic rings. The molecule has 1 aliphatic heterocycles. The number of rotatable bonds is 11. The van der Waals surface area contributed by atoms with Crippen molar-refractivity contribution in [2.45, 2.75) is 35.3 Å². The van der Waals surface area contributed by atoms with E-state index in [0.717, 1.165) is 0 Å². The molecule has 2 amide bonds. The maximum atomic E-state index is 13.2. The lowest BCUT2D eigenvalue weighted by atomic mass is 9.98. The summed E-state index contributed by atoms with van der Waals surface area (Å²) in [5.74, 6) is 0.0460. The van der Waals surface area contributed by atoms with Gasteiger partial charge in [-0.05, 0) is 74.2 Å². The van der Waals surface area contributed by atoms with Gasteiger partial charge in [-0.15, -0.1) is 0 Å². The molecule has 0 aliphatic carbocycles. The highest BCUT2D eigenvalue weighted by atomic mass is 32.2. The van der Waals surface area contributed by atoms with Crippen molar-refractivity contribution in [1.82, 2.24) is 10.8 Å². The Morgan fingerprint density at radius 1 is 1.00 bits per heavy atom. The van der Waals surface area contributed by atoms with Crippen LogP contribution in [0.3, 0.4) is 0 Å². The second-order valence-corrected chi connectivity index (χ2v) is 10.3. The SMILES string of the molecule is COc1ccc(C(=O)NCCCCOc2ccc(S(=O)(=O)C3(C(=O)NO)CCOCC3)cc2)cc1. The molecule has 2 aromatic carbocycles. The average molecular weight is 507 g/mol. The van der Waals surface area contributed by atoms with Crippen LogP contribution in [-0.2, 0) is 19.4 Å². The molecular weight excluding hydrogens is 476 g/mol. The number of sulfone groups is 1. The maximum Gasteiger partial charge on any atom is 0.265 e. The summed E-state index contributed by atoms with van der Waals surface area (Å²) >= 11 is 0. The van der Waals surface area contributed by atoms with Crippen LogP contribution in [0, 0.1) is 0 Å². The summed E-state index contributed by atoms with van der Waals surface area (Å²) in [5, 5.41) is 12.0. The Hall–Kier alpha value is -3.15. The standard InChI is InChI=1S/C24H30N2O8S/c1-32-19-6-4-18(5-7-19)22(27)25-14-2-3-15-34-20-8-10-21(11-9-20)35(30,31)24(23(28)26-29)12-16-33-17-13-24/h4-11,29H,2-3,12-17H2,1H3,(H,25,27)(H,26,28). The van der Waals surface area contributed by atoms with Gasteiger partial charge in [-0.25, -0.2) is 13.9 Å². The van der Waals surface area contributed by atoms with E-state index in [0.29, 0.717) is 43.1 Å². The van der Waals surface area contributed by atoms with Gasteiger partial charge in [0, 0.05) is 25.3 Å². The molecule has 3 rings (SSSR count). The fourth-order valence-electron chi connectivity index (χ4n) is 3.82. The molecule has 0 aromatic heterocycles. The van der Waals surface area contributed by atoms with Gasteiger partial charge in [-0.3, -0.25) is 14.8 Å². The van der Waals surface area contributed by atoms with E-state index in [1.807, 2.05) is 0 Å². The molecular formula is C24H30N2O8S. The van der Waals surface area contributed by atoms with Gasteiger partial charge in [0.05, 0.1) is 18.6 Å². The first-order chi connectivity index (χ1) is 16.8. The highest BCUT2D eigenvalue weighted by Crippen LogP contribution is 2.35. The molecule has 0 saturated carbocycles. The summed E-state index contributed by atoms with van der Waals surface area (Å²) in [7, 11) is -2.51.